The summed E-state index contributed by atoms with van der Waals surface area (Å²) in [4.78, 5) is 16.1. The first-order valence-electron chi connectivity index (χ1n) is 8.52. The van der Waals surface area contributed by atoms with E-state index in [2.05, 4.69) is 9.80 Å². The lowest BCUT2D eigenvalue weighted by Gasteiger charge is -2.37. The molecule has 6 nitrogen and oxygen atoms in total. The molecule has 0 aliphatic carbocycles. The zero-order valence-electron chi connectivity index (χ0n) is 13.5. The van der Waals surface area contributed by atoms with Gasteiger partial charge in [0.15, 0.2) is 0 Å². The van der Waals surface area contributed by atoms with Crippen LogP contribution in [-0.2, 0) is 16.1 Å². The van der Waals surface area contributed by atoms with E-state index in [4.69, 9.17) is 9.15 Å². The molecule has 23 heavy (non-hydrogen) atoms. The van der Waals surface area contributed by atoms with Crippen molar-refractivity contribution in [3.63, 3.8) is 0 Å². The Hall–Kier alpha value is -1.37. The Morgan fingerprint density at radius 2 is 2.17 bits per heavy atom. The van der Waals surface area contributed by atoms with Crippen molar-refractivity contribution in [1.82, 2.24) is 9.80 Å². The Bertz CT molecular complexity index is 483. The molecule has 0 bridgehead atoms. The van der Waals surface area contributed by atoms with Crippen LogP contribution >= 0.6 is 0 Å². The Balaban J connectivity index is 1.32. The third-order valence-corrected chi connectivity index (χ3v) is 4.71. The molecule has 1 N–H and O–H groups in total. The number of ether oxygens (including phenoxy) is 1. The van der Waals surface area contributed by atoms with E-state index in [9.17, 15) is 9.90 Å². The van der Waals surface area contributed by atoms with Crippen LogP contribution in [0.4, 0.5) is 0 Å². The van der Waals surface area contributed by atoms with Crippen LogP contribution in [0.1, 0.15) is 31.4 Å². The first-order valence-corrected chi connectivity index (χ1v) is 8.52. The van der Waals surface area contributed by atoms with Gasteiger partial charge in [0, 0.05) is 38.6 Å². The van der Waals surface area contributed by atoms with Gasteiger partial charge in [0.05, 0.1) is 19.0 Å². The largest absolute Gasteiger partial charge is 0.467 e. The van der Waals surface area contributed by atoms with Crippen LogP contribution in [0.25, 0.3) is 0 Å². The Morgan fingerprint density at radius 1 is 1.35 bits per heavy atom. The summed E-state index contributed by atoms with van der Waals surface area (Å²) in [7, 11) is 0. The van der Waals surface area contributed by atoms with Gasteiger partial charge in [-0.3, -0.25) is 4.79 Å². The normalized spacial score (nSPS) is 22.0. The molecular formula is C17H26N2O4. The minimum atomic E-state index is -0.491. The van der Waals surface area contributed by atoms with Gasteiger partial charge in [-0.1, -0.05) is 0 Å². The molecule has 0 aromatic carbocycles. The number of rotatable bonds is 7. The predicted octanol–water partition coefficient (Wildman–Crippen LogP) is 1.24. The van der Waals surface area contributed by atoms with Gasteiger partial charge in [-0.15, -0.1) is 0 Å². The fraction of sp³-hybridized carbons (Fsp3) is 0.706. The second-order valence-electron chi connectivity index (χ2n) is 6.47. The number of hydrogen-bond acceptors (Lipinski definition) is 5. The number of piperidine rings is 1. The van der Waals surface area contributed by atoms with E-state index in [0.29, 0.717) is 38.1 Å². The number of amides is 1. The van der Waals surface area contributed by atoms with Crippen LogP contribution in [-0.4, -0.2) is 65.7 Å². The summed E-state index contributed by atoms with van der Waals surface area (Å²) >= 11 is 0. The molecule has 2 fully saturated rings. The molecule has 1 aromatic rings. The lowest BCUT2D eigenvalue weighted by molar-refractivity contribution is -0.130. The molecule has 3 heterocycles. The standard InChI is InChI=1S/C17H26N2O4/c20-15(12-22-13-16-3-2-10-23-16)11-18-8-5-14(6-9-18)19-7-1-4-17(19)21/h2-3,10,14-15,20H,1,4-9,11-13H2. The molecular weight excluding hydrogens is 296 g/mol. The second kappa shape index (κ2) is 7.95. The smallest absolute Gasteiger partial charge is 0.222 e. The maximum atomic E-state index is 11.8. The fourth-order valence-corrected chi connectivity index (χ4v) is 3.51. The van der Waals surface area contributed by atoms with Crippen LogP contribution in [0, 0.1) is 0 Å². The summed E-state index contributed by atoms with van der Waals surface area (Å²) < 4.78 is 10.7. The molecule has 0 spiro atoms. The zero-order valence-corrected chi connectivity index (χ0v) is 13.5. The molecule has 0 radical (unpaired) electrons. The van der Waals surface area contributed by atoms with Gasteiger partial charge in [0.2, 0.25) is 5.91 Å². The van der Waals surface area contributed by atoms with Gasteiger partial charge < -0.3 is 24.1 Å². The van der Waals surface area contributed by atoms with Crippen molar-refractivity contribution >= 4 is 5.91 Å². The van der Waals surface area contributed by atoms with Gasteiger partial charge in [0.1, 0.15) is 12.4 Å². The molecule has 1 unspecified atom stereocenters. The number of aliphatic hydroxyl groups excluding tert-OH is 1. The van der Waals surface area contributed by atoms with Crippen LogP contribution in [0.3, 0.4) is 0 Å². The first kappa shape index (κ1) is 16.5. The van der Waals surface area contributed by atoms with Gasteiger partial charge >= 0.3 is 0 Å². The lowest BCUT2D eigenvalue weighted by Crippen LogP contribution is -2.47. The van der Waals surface area contributed by atoms with Crippen molar-refractivity contribution in [3.05, 3.63) is 24.2 Å². The first-order chi connectivity index (χ1) is 11.2. The van der Waals surface area contributed by atoms with Crippen molar-refractivity contribution in [3.8, 4) is 0 Å². The lowest BCUT2D eigenvalue weighted by atomic mass is 10.0. The second-order valence-corrected chi connectivity index (χ2v) is 6.47. The number of aliphatic hydroxyl groups is 1. The van der Waals surface area contributed by atoms with Crippen molar-refractivity contribution in [2.24, 2.45) is 0 Å². The third-order valence-electron chi connectivity index (χ3n) is 4.71. The molecule has 1 aromatic heterocycles. The molecule has 2 aliphatic heterocycles. The number of carbonyl (C=O) groups excluding carboxylic acids is 1. The van der Waals surface area contributed by atoms with Crippen LogP contribution in [0.5, 0.6) is 0 Å². The number of nitrogens with zero attached hydrogens (tertiary/aromatic N) is 2. The number of furan rings is 1. The van der Waals surface area contributed by atoms with E-state index in [-0.39, 0.29) is 0 Å². The number of likely N-dealkylation sites (tertiary alicyclic amines) is 2. The van der Waals surface area contributed by atoms with E-state index in [1.54, 1.807) is 6.26 Å². The highest BCUT2D eigenvalue weighted by atomic mass is 16.5. The van der Waals surface area contributed by atoms with E-state index < -0.39 is 6.10 Å². The van der Waals surface area contributed by atoms with E-state index >= 15 is 0 Å². The van der Waals surface area contributed by atoms with Crippen LogP contribution in [0.2, 0.25) is 0 Å². The van der Waals surface area contributed by atoms with Gasteiger partial charge in [-0.25, -0.2) is 0 Å². The fourth-order valence-electron chi connectivity index (χ4n) is 3.51. The zero-order chi connectivity index (χ0) is 16.1. The van der Waals surface area contributed by atoms with E-state index in [1.165, 1.54) is 0 Å². The summed E-state index contributed by atoms with van der Waals surface area (Å²) in [5.74, 6) is 1.09. The molecule has 1 atom stereocenters. The van der Waals surface area contributed by atoms with Gasteiger partial charge in [-0.05, 0) is 31.4 Å². The highest BCUT2D eigenvalue weighted by Gasteiger charge is 2.30. The SMILES string of the molecule is O=C1CCCN1C1CCN(CC(O)COCc2ccco2)CC1. The number of β-amino-alcohol motifs (C(OH)–C–C–N with tert-alkyl or cyclic N) is 1. The molecule has 1 amide bonds. The summed E-state index contributed by atoms with van der Waals surface area (Å²) in [6.45, 7) is 4.12. The van der Waals surface area contributed by atoms with Crippen molar-refractivity contribution in [1.29, 1.82) is 0 Å². The third kappa shape index (κ3) is 4.56. The van der Waals surface area contributed by atoms with Crippen molar-refractivity contribution < 1.29 is 19.1 Å². The van der Waals surface area contributed by atoms with Crippen LogP contribution < -0.4 is 0 Å². The van der Waals surface area contributed by atoms with Crippen molar-refractivity contribution in [2.45, 2.75) is 44.4 Å². The highest BCUT2D eigenvalue weighted by molar-refractivity contribution is 5.78. The Kier molecular flexibility index (Phi) is 5.70. The van der Waals surface area contributed by atoms with E-state index in [1.807, 2.05) is 12.1 Å². The topological polar surface area (TPSA) is 66.2 Å². The molecule has 2 aliphatic rings. The quantitative estimate of drug-likeness (QED) is 0.818. The number of hydrogen-bond donors (Lipinski definition) is 1. The Morgan fingerprint density at radius 3 is 2.83 bits per heavy atom. The maximum absolute atomic E-state index is 11.8. The Labute approximate surface area is 137 Å². The molecule has 2 saturated heterocycles. The number of carbonyl (C=O) groups is 1. The molecule has 128 valence electrons. The summed E-state index contributed by atoms with van der Waals surface area (Å²) in [5.41, 5.74) is 0. The van der Waals surface area contributed by atoms with Crippen LogP contribution in [0.15, 0.2) is 22.8 Å². The molecule has 6 heteroatoms. The van der Waals surface area contributed by atoms with Gasteiger partial charge in [-0.2, -0.15) is 0 Å². The average molecular weight is 322 g/mol. The predicted molar refractivity (Wildman–Crippen MR) is 84.8 cm³/mol. The van der Waals surface area contributed by atoms with E-state index in [0.717, 1.165) is 44.7 Å². The summed E-state index contributed by atoms with van der Waals surface area (Å²) in [6, 6.07) is 4.08. The highest BCUT2D eigenvalue weighted by Crippen LogP contribution is 2.22. The minimum Gasteiger partial charge on any atom is -0.467 e. The molecule has 0 saturated carbocycles. The molecule has 3 rings (SSSR count). The minimum absolute atomic E-state index is 0.311. The maximum Gasteiger partial charge on any atom is 0.222 e. The monoisotopic (exact) mass is 322 g/mol. The summed E-state index contributed by atoms with van der Waals surface area (Å²) in [6.07, 6.45) is 4.85. The van der Waals surface area contributed by atoms with Gasteiger partial charge in [0.25, 0.3) is 0 Å². The van der Waals surface area contributed by atoms with Crippen molar-refractivity contribution in [2.75, 3.05) is 32.8 Å². The average Bonchev–Trinajstić information content (AvgIpc) is 3.20. The summed E-state index contributed by atoms with van der Waals surface area (Å²) in [5, 5.41) is 10.1.